The molecule has 0 saturated heterocycles. The summed E-state index contributed by atoms with van der Waals surface area (Å²) < 4.78 is 16.2. The summed E-state index contributed by atoms with van der Waals surface area (Å²) in [6.45, 7) is 3.92. The van der Waals surface area contributed by atoms with Gasteiger partial charge in [-0.3, -0.25) is 0 Å². The number of furan rings is 1. The molecule has 3 aromatic rings. The number of hydrogen-bond acceptors (Lipinski definition) is 5. The van der Waals surface area contributed by atoms with Gasteiger partial charge in [-0.05, 0) is 61.4 Å². The highest BCUT2D eigenvalue weighted by Crippen LogP contribution is 2.40. The Bertz CT molecular complexity index is 850. The van der Waals surface area contributed by atoms with Crippen LogP contribution in [0.5, 0.6) is 23.0 Å². The van der Waals surface area contributed by atoms with Crippen molar-refractivity contribution < 1.29 is 24.1 Å². The molecule has 130 valence electrons. The first-order chi connectivity index (χ1) is 12.0. The maximum atomic E-state index is 10.0. The molecule has 0 aliphatic carbocycles. The molecule has 0 aliphatic rings. The molecule has 3 rings (SSSR count). The quantitative estimate of drug-likeness (QED) is 0.723. The van der Waals surface area contributed by atoms with E-state index in [9.17, 15) is 10.2 Å². The van der Waals surface area contributed by atoms with Crippen molar-refractivity contribution in [2.75, 3.05) is 14.2 Å². The summed E-state index contributed by atoms with van der Waals surface area (Å²) >= 11 is 0. The summed E-state index contributed by atoms with van der Waals surface area (Å²) in [5, 5.41) is 20.0. The van der Waals surface area contributed by atoms with Gasteiger partial charge in [0.25, 0.3) is 0 Å². The lowest BCUT2D eigenvalue weighted by molar-refractivity contribution is 0.373. The van der Waals surface area contributed by atoms with Crippen LogP contribution in [0.15, 0.2) is 40.8 Å². The van der Waals surface area contributed by atoms with E-state index in [1.54, 1.807) is 24.3 Å². The Morgan fingerprint density at radius 1 is 0.720 bits per heavy atom. The van der Waals surface area contributed by atoms with Crippen LogP contribution in [0.4, 0.5) is 0 Å². The molecule has 0 unspecified atom stereocenters. The van der Waals surface area contributed by atoms with Crippen LogP contribution in [0.1, 0.15) is 11.1 Å². The molecule has 5 nitrogen and oxygen atoms in total. The zero-order chi connectivity index (χ0) is 18.1. The fourth-order valence-electron chi connectivity index (χ4n) is 2.81. The molecule has 1 heterocycles. The van der Waals surface area contributed by atoms with Gasteiger partial charge in [0, 0.05) is 11.1 Å². The molecular weight excluding hydrogens is 320 g/mol. The molecule has 0 radical (unpaired) electrons. The van der Waals surface area contributed by atoms with E-state index in [-0.39, 0.29) is 11.5 Å². The lowest BCUT2D eigenvalue weighted by Gasteiger charge is -2.06. The van der Waals surface area contributed by atoms with E-state index in [2.05, 4.69) is 0 Å². The first kappa shape index (κ1) is 16.8. The molecule has 0 spiro atoms. The number of phenolic OH excluding ortho intramolecular Hbond substituents is 2. The van der Waals surface area contributed by atoms with E-state index in [1.165, 1.54) is 14.2 Å². The van der Waals surface area contributed by atoms with Crippen LogP contribution < -0.4 is 9.47 Å². The predicted molar refractivity (Wildman–Crippen MR) is 95.5 cm³/mol. The van der Waals surface area contributed by atoms with E-state index < -0.39 is 0 Å². The van der Waals surface area contributed by atoms with Gasteiger partial charge in [0.05, 0.1) is 14.2 Å². The highest BCUT2D eigenvalue weighted by atomic mass is 16.5. The van der Waals surface area contributed by atoms with Crippen molar-refractivity contribution in [3.05, 3.63) is 47.5 Å². The molecule has 2 N–H and O–H groups in total. The van der Waals surface area contributed by atoms with Crippen LogP contribution in [0.2, 0.25) is 0 Å². The van der Waals surface area contributed by atoms with Crippen LogP contribution in [-0.4, -0.2) is 24.4 Å². The summed E-state index contributed by atoms with van der Waals surface area (Å²) in [7, 11) is 3.01. The molecule has 5 heteroatoms. The number of aromatic hydroxyl groups is 2. The molecule has 0 bridgehead atoms. The summed E-state index contributed by atoms with van der Waals surface area (Å²) in [6.07, 6.45) is 0. The molecule has 25 heavy (non-hydrogen) atoms. The average molecular weight is 340 g/mol. The third-order valence-electron chi connectivity index (χ3n) is 4.33. The highest BCUT2D eigenvalue weighted by Gasteiger charge is 2.18. The van der Waals surface area contributed by atoms with E-state index in [1.807, 2.05) is 26.0 Å². The maximum Gasteiger partial charge on any atom is 0.160 e. The van der Waals surface area contributed by atoms with Crippen LogP contribution in [0.3, 0.4) is 0 Å². The maximum absolute atomic E-state index is 10.0. The predicted octanol–water partition coefficient (Wildman–Crippen LogP) is 4.66. The van der Waals surface area contributed by atoms with Crippen LogP contribution in [-0.2, 0) is 0 Å². The Balaban J connectivity index is 2.09. The summed E-state index contributed by atoms with van der Waals surface area (Å²) in [5.41, 5.74) is 3.44. The number of methoxy groups -OCH3 is 2. The fraction of sp³-hybridized carbons (Fsp3) is 0.200. The van der Waals surface area contributed by atoms with Gasteiger partial charge in [0.2, 0.25) is 0 Å². The SMILES string of the molecule is COc1ccc(-c2oc(-c3ccc(OC)c(O)c3)c(C)c2C)cc1O. The largest absolute Gasteiger partial charge is 0.504 e. The van der Waals surface area contributed by atoms with Crippen LogP contribution >= 0.6 is 0 Å². The first-order valence-corrected chi connectivity index (χ1v) is 7.81. The van der Waals surface area contributed by atoms with Crippen molar-refractivity contribution in [1.29, 1.82) is 0 Å². The van der Waals surface area contributed by atoms with Crippen molar-refractivity contribution in [2.24, 2.45) is 0 Å². The van der Waals surface area contributed by atoms with Gasteiger partial charge >= 0.3 is 0 Å². The number of ether oxygens (including phenoxy) is 2. The van der Waals surface area contributed by atoms with Crippen molar-refractivity contribution in [1.82, 2.24) is 0 Å². The molecule has 0 fully saturated rings. The van der Waals surface area contributed by atoms with Crippen LogP contribution in [0, 0.1) is 13.8 Å². The Hall–Kier alpha value is -3.08. The minimum Gasteiger partial charge on any atom is -0.504 e. The van der Waals surface area contributed by atoms with Crippen molar-refractivity contribution in [3.8, 4) is 45.6 Å². The molecule has 0 amide bonds. The normalized spacial score (nSPS) is 10.7. The third kappa shape index (κ3) is 2.89. The standard InChI is InChI=1S/C20H20O5/c1-11-12(2)20(14-6-8-18(24-4)16(22)10-14)25-19(11)13-5-7-17(23-3)15(21)9-13/h5-10,21-22H,1-4H3. The van der Waals surface area contributed by atoms with Crippen molar-refractivity contribution in [3.63, 3.8) is 0 Å². The highest BCUT2D eigenvalue weighted by molar-refractivity contribution is 5.74. The monoisotopic (exact) mass is 340 g/mol. The zero-order valence-corrected chi connectivity index (χ0v) is 14.6. The Morgan fingerprint density at radius 3 is 1.44 bits per heavy atom. The van der Waals surface area contributed by atoms with Gasteiger partial charge < -0.3 is 24.1 Å². The van der Waals surface area contributed by atoms with Gasteiger partial charge in [0.15, 0.2) is 23.0 Å². The molecule has 0 atom stereocenters. The van der Waals surface area contributed by atoms with Crippen molar-refractivity contribution >= 4 is 0 Å². The fourth-order valence-corrected chi connectivity index (χ4v) is 2.81. The minimum atomic E-state index is 0.0529. The minimum absolute atomic E-state index is 0.0529. The first-order valence-electron chi connectivity index (χ1n) is 7.81. The Labute approximate surface area is 146 Å². The van der Waals surface area contributed by atoms with Gasteiger partial charge in [-0.2, -0.15) is 0 Å². The van der Waals surface area contributed by atoms with E-state index in [0.29, 0.717) is 23.0 Å². The molecule has 1 aromatic heterocycles. The third-order valence-corrected chi connectivity index (χ3v) is 4.33. The number of phenols is 2. The van der Waals surface area contributed by atoms with E-state index >= 15 is 0 Å². The number of hydrogen-bond donors (Lipinski definition) is 2. The molecule has 0 saturated carbocycles. The van der Waals surface area contributed by atoms with Gasteiger partial charge in [0.1, 0.15) is 11.5 Å². The second kappa shape index (κ2) is 6.43. The van der Waals surface area contributed by atoms with Gasteiger partial charge in [-0.1, -0.05) is 0 Å². The lowest BCUT2D eigenvalue weighted by Crippen LogP contribution is -1.85. The molecule has 2 aromatic carbocycles. The van der Waals surface area contributed by atoms with E-state index in [0.717, 1.165) is 22.3 Å². The number of rotatable bonds is 4. The Kier molecular flexibility index (Phi) is 4.31. The van der Waals surface area contributed by atoms with Gasteiger partial charge in [-0.25, -0.2) is 0 Å². The lowest BCUT2D eigenvalue weighted by atomic mass is 10.0. The topological polar surface area (TPSA) is 72.1 Å². The number of benzene rings is 2. The summed E-state index contributed by atoms with van der Waals surface area (Å²) in [5.74, 6) is 2.26. The van der Waals surface area contributed by atoms with Crippen LogP contribution in [0.25, 0.3) is 22.6 Å². The van der Waals surface area contributed by atoms with Gasteiger partial charge in [-0.15, -0.1) is 0 Å². The second-order valence-corrected chi connectivity index (χ2v) is 5.78. The van der Waals surface area contributed by atoms with E-state index in [4.69, 9.17) is 13.9 Å². The summed E-state index contributed by atoms with van der Waals surface area (Å²) in [6, 6.07) is 10.3. The molecule has 0 aliphatic heterocycles. The smallest absolute Gasteiger partial charge is 0.160 e. The average Bonchev–Trinajstić information content (AvgIpc) is 2.90. The molecular formula is C20H20O5. The Morgan fingerprint density at radius 2 is 1.12 bits per heavy atom. The van der Waals surface area contributed by atoms with Crippen molar-refractivity contribution in [2.45, 2.75) is 13.8 Å². The zero-order valence-electron chi connectivity index (χ0n) is 14.6. The second-order valence-electron chi connectivity index (χ2n) is 5.78. The summed E-state index contributed by atoms with van der Waals surface area (Å²) in [4.78, 5) is 0.